The number of sulfonamides is 1. The maximum absolute atomic E-state index is 13.3. The van der Waals surface area contributed by atoms with E-state index in [-0.39, 0.29) is 16.6 Å². The van der Waals surface area contributed by atoms with Gasteiger partial charge in [-0.05, 0) is 49.9 Å². The molecule has 0 fully saturated rings. The van der Waals surface area contributed by atoms with Crippen LogP contribution in [0.15, 0.2) is 53.4 Å². The van der Waals surface area contributed by atoms with Crippen molar-refractivity contribution in [3.8, 4) is 0 Å². The van der Waals surface area contributed by atoms with Crippen molar-refractivity contribution >= 4 is 21.6 Å². The van der Waals surface area contributed by atoms with E-state index in [1.165, 1.54) is 38.4 Å². The first-order valence-corrected chi connectivity index (χ1v) is 9.83. The van der Waals surface area contributed by atoms with Crippen LogP contribution in [0, 0.1) is 5.82 Å². The van der Waals surface area contributed by atoms with Gasteiger partial charge in [-0.15, -0.1) is 0 Å². The van der Waals surface area contributed by atoms with Gasteiger partial charge in [0.1, 0.15) is 5.82 Å². The SMILES string of the molecule is C[C@@H](C(=O)Nc1cccc(S(=O)(=O)N(C)C)c1)N(C)Cc1cccc(F)c1. The normalized spacial score (nSPS) is 13.0. The number of anilines is 1. The average Bonchev–Trinajstić information content (AvgIpc) is 2.61. The molecule has 0 aromatic heterocycles. The summed E-state index contributed by atoms with van der Waals surface area (Å²) >= 11 is 0. The molecule has 0 spiro atoms. The van der Waals surface area contributed by atoms with E-state index >= 15 is 0 Å². The van der Waals surface area contributed by atoms with Gasteiger partial charge in [0.25, 0.3) is 0 Å². The first kappa shape index (κ1) is 21.0. The quantitative estimate of drug-likeness (QED) is 0.785. The molecule has 8 heteroatoms. The van der Waals surface area contributed by atoms with Gasteiger partial charge in [0, 0.05) is 26.3 Å². The minimum atomic E-state index is -3.58. The second-order valence-corrected chi connectivity index (χ2v) is 8.68. The number of nitrogens with one attached hydrogen (secondary N) is 1. The Kier molecular flexibility index (Phi) is 6.69. The number of hydrogen-bond acceptors (Lipinski definition) is 4. The zero-order valence-corrected chi connectivity index (χ0v) is 16.6. The third-order valence-electron chi connectivity index (χ3n) is 4.24. The Morgan fingerprint density at radius 2 is 1.78 bits per heavy atom. The van der Waals surface area contributed by atoms with Gasteiger partial charge >= 0.3 is 0 Å². The Bertz CT molecular complexity index is 916. The molecule has 146 valence electrons. The van der Waals surface area contributed by atoms with E-state index in [9.17, 15) is 17.6 Å². The highest BCUT2D eigenvalue weighted by Gasteiger charge is 2.21. The number of benzene rings is 2. The molecule has 0 heterocycles. The van der Waals surface area contributed by atoms with Gasteiger partial charge in [0.2, 0.25) is 15.9 Å². The molecule has 0 unspecified atom stereocenters. The topological polar surface area (TPSA) is 69.7 Å². The van der Waals surface area contributed by atoms with Crippen LogP contribution in [0.4, 0.5) is 10.1 Å². The van der Waals surface area contributed by atoms with Crippen LogP contribution in [0.5, 0.6) is 0 Å². The largest absolute Gasteiger partial charge is 0.325 e. The maximum Gasteiger partial charge on any atom is 0.242 e. The predicted octanol–water partition coefficient (Wildman–Crippen LogP) is 2.54. The molecule has 2 rings (SSSR count). The first-order chi connectivity index (χ1) is 12.6. The fraction of sp³-hybridized carbons (Fsp3) is 0.316. The van der Waals surface area contributed by atoms with Crippen LogP contribution >= 0.6 is 0 Å². The zero-order chi connectivity index (χ0) is 20.2. The molecular formula is C19H24FN3O3S. The van der Waals surface area contributed by atoms with Crippen LogP contribution < -0.4 is 5.32 Å². The molecule has 0 bridgehead atoms. The molecule has 0 radical (unpaired) electrons. The number of hydrogen-bond donors (Lipinski definition) is 1. The van der Waals surface area contributed by atoms with Crippen LogP contribution in [0.25, 0.3) is 0 Å². The van der Waals surface area contributed by atoms with E-state index in [2.05, 4.69) is 5.32 Å². The van der Waals surface area contributed by atoms with Crippen LogP contribution in [-0.2, 0) is 21.4 Å². The Morgan fingerprint density at radius 3 is 2.41 bits per heavy atom. The van der Waals surface area contributed by atoms with Gasteiger partial charge in [0.05, 0.1) is 10.9 Å². The zero-order valence-electron chi connectivity index (χ0n) is 15.8. The molecule has 2 aromatic rings. The van der Waals surface area contributed by atoms with Gasteiger partial charge in [-0.1, -0.05) is 18.2 Å². The second-order valence-electron chi connectivity index (χ2n) is 6.53. The summed E-state index contributed by atoms with van der Waals surface area (Å²) in [6, 6.07) is 11.8. The molecule has 0 aliphatic carbocycles. The van der Waals surface area contributed by atoms with Crippen molar-refractivity contribution in [2.75, 3.05) is 26.5 Å². The summed E-state index contributed by atoms with van der Waals surface area (Å²) in [5, 5.41) is 2.73. The number of carbonyl (C=O) groups excluding carboxylic acids is 1. The van der Waals surface area contributed by atoms with Crippen LogP contribution in [-0.4, -0.2) is 50.7 Å². The van der Waals surface area contributed by atoms with Gasteiger partial charge in [-0.2, -0.15) is 0 Å². The van der Waals surface area contributed by atoms with Crippen molar-refractivity contribution in [3.05, 3.63) is 59.9 Å². The van der Waals surface area contributed by atoms with Crippen molar-refractivity contribution in [1.29, 1.82) is 0 Å². The summed E-state index contributed by atoms with van der Waals surface area (Å²) in [5.41, 5.74) is 1.16. The molecule has 6 nitrogen and oxygen atoms in total. The Hall–Kier alpha value is -2.29. The molecule has 1 N–H and O–H groups in total. The van der Waals surface area contributed by atoms with Gasteiger partial charge in [-0.3, -0.25) is 9.69 Å². The van der Waals surface area contributed by atoms with E-state index in [1.54, 1.807) is 43.1 Å². The predicted molar refractivity (Wildman–Crippen MR) is 103 cm³/mol. The minimum Gasteiger partial charge on any atom is -0.325 e. The van der Waals surface area contributed by atoms with Crippen molar-refractivity contribution in [2.24, 2.45) is 0 Å². The smallest absolute Gasteiger partial charge is 0.242 e. The fourth-order valence-corrected chi connectivity index (χ4v) is 3.40. The maximum atomic E-state index is 13.3. The molecule has 0 saturated carbocycles. The lowest BCUT2D eigenvalue weighted by Gasteiger charge is -2.24. The molecule has 0 saturated heterocycles. The number of amides is 1. The molecule has 0 aliphatic heterocycles. The fourth-order valence-electron chi connectivity index (χ4n) is 2.45. The average molecular weight is 393 g/mol. The summed E-state index contributed by atoms with van der Waals surface area (Å²) in [5.74, 6) is -0.606. The molecule has 1 atom stereocenters. The summed E-state index contributed by atoms with van der Waals surface area (Å²) in [6.07, 6.45) is 0. The van der Waals surface area contributed by atoms with Gasteiger partial charge < -0.3 is 5.32 Å². The number of carbonyl (C=O) groups is 1. The van der Waals surface area contributed by atoms with E-state index in [4.69, 9.17) is 0 Å². The number of rotatable bonds is 7. The lowest BCUT2D eigenvalue weighted by Crippen LogP contribution is -2.39. The molecule has 27 heavy (non-hydrogen) atoms. The van der Waals surface area contributed by atoms with Crippen LogP contribution in [0.1, 0.15) is 12.5 Å². The summed E-state index contributed by atoms with van der Waals surface area (Å²) < 4.78 is 38.9. The number of likely N-dealkylation sites (N-methyl/N-ethyl adjacent to an activating group) is 1. The molecular weight excluding hydrogens is 369 g/mol. The lowest BCUT2D eigenvalue weighted by molar-refractivity contribution is -0.120. The standard InChI is InChI=1S/C19H24FN3O3S/c1-14(23(4)13-15-7-5-8-16(20)11-15)19(24)21-17-9-6-10-18(12-17)27(25,26)22(2)3/h5-12,14H,13H2,1-4H3,(H,21,24)/t14-/m0/s1. The van der Waals surface area contributed by atoms with Crippen molar-refractivity contribution in [1.82, 2.24) is 9.21 Å². The van der Waals surface area contributed by atoms with Crippen LogP contribution in [0.3, 0.4) is 0 Å². The van der Waals surface area contributed by atoms with Crippen molar-refractivity contribution in [3.63, 3.8) is 0 Å². The Morgan fingerprint density at radius 1 is 1.11 bits per heavy atom. The Balaban J connectivity index is 2.08. The molecule has 1 amide bonds. The highest BCUT2D eigenvalue weighted by atomic mass is 32.2. The van der Waals surface area contributed by atoms with E-state index in [0.29, 0.717) is 12.2 Å². The molecule has 2 aromatic carbocycles. The third kappa shape index (κ3) is 5.35. The van der Waals surface area contributed by atoms with E-state index in [1.807, 2.05) is 0 Å². The highest BCUT2D eigenvalue weighted by Crippen LogP contribution is 2.18. The minimum absolute atomic E-state index is 0.103. The van der Waals surface area contributed by atoms with Crippen molar-refractivity contribution in [2.45, 2.75) is 24.4 Å². The number of nitrogens with zero attached hydrogens (tertiary/aromatic N) is 2. The highest BCUT2D eigenvalue weighted by molar-refractivity contribution is 7.89. The molecule has 0 aliphatic rings. The van der Waals surface area contributed by atoms with Gasteiger partial charge in [-0.25, -0.2) is 17.1 Å². The first-order valence-electron chi connectivity index (χ1n) is 8.39. The summed E-state index contributed by atoms with van der Waals surface area (Å²) in [6.45, 7) is 2.14. The lowest BCUT2D eigenvalue weighted by atomic mass is 10.2. The van der Waals surface area contributed by atoms with Gasteiger partial charge in [0.15, 0.2) is 0 Å². The van der Waals surface area contributed by atoms with E-state index in [0.717, 1.165) is 9.87 Å². The van der Waals surface area contributed by atoms with Crippen molar-refractivity contribution < 1.29 is 17.6 Å². The third-order valence-corrected chi connectivity index (χ3v) is 6.05. The Labute approximate surface area is 159 Å². The van der Waals surface area contributed by atoms with E-state index < -0.39 is 16.1 Å². The summed E-state index contributed by atoms with van der Waals surface area (Å²) in [7, 11) is 1.08. The summed E-state index contributed by atoms with van der Waals surface area (Å²) in [4.78, 5) is 14.4. The van der Waals surface area contributed by atoms with Crippen LogP contribution in [0.2, 0.25) is 0 Å². The number of halogens is 1. The second kappa shape index (κ2) is 8.60. The monoisotopic (exact) mass is 393 g/mol.